The molecule has 1 heterocycles. The van der Waals surface area contributed by atoms with Gasteiger partial charge in [-0.2, -0.15) is 0 Å². The average Bonchev–Trinajstić information content (AvgIpc) is 2.81. The highest BCUT2D eigenvalue weighted by Gasteiger charge is 2.14. The van der Waals surface area contributed by atoms with Crippen LogP contribution in [0.3, 0.4) is 0 Å². The van der Waals surface area contributed by atoms with Gasteiger partial charge in [0.15, 0.2) is 0 Å². The summed E-state index contributed by atoms with van der Waals surface area (Å²) < 4.78 is 7.11. The highest BCUT2D eigenvalue weighted by atomic mass is 16.5. The molecule has 0 bridgehead atoms. The second kappa shape index (κ2) is 6.46. The van der Waals surface area contributed by atoms with Crippen LogP contribution in [0.2, 0.25) is 0 Å². The largest absolute Gasteiger partial charge is 0.497 e. The monoisotopic (exact) mass is 275 g/mol. The van der Waals surface area contributed by atoms with Crippen molar-refractivity contribution >= 4 is 16.9 Å². The standard InChI is InChI=1S/C16H21NO3/c1-3-4-5-6-9-17-14-11-13(20-2)8-7-12(14)10-15(17)16(18)19/h7-8,10-11H,3-6,9H2,1-2H3,(H,18,19). The van der Waals surface area contributed by atoms with Crippen LogP contribution in [0, 0.1) is 0 Å². The Bertz CT molecular complexity index is 601. The quantitative estimate of drug-likeness (QED) is 0.779. The number of nitrogens with zero attached hydrogens (tertiary/aromatic N) is 1. The number of hydrogen-bond acceptors (Lipinski definition) is 2. The van der Waals surface area contributed by atoms with Crippen LogP contribution in [0.5, 0.6) is 5.75 Å². The lowest BCUT2D eigenvalue weighted by molar-refractivity contribution is 0.0685. The number of aromatic carboxylic acids is 1. The van der Waals surface area contributed by atoms with E-state index in [1.54, 1.807) is 13.2 Å². The van der Waals surface area contributed by atoms with Crippen molar-refractivity contribution in [3.8, 4) is 5.75 Å². The molecule has 1 N–H and O–H groups in total. The first-order valence-corrected chi connectivity index (χ1v) is 7.08. The zero-order valence-electron chi connectivity index (χ0n) is 12.1. The van der Waals surface area contributed by atoms with E-state index in [0.717, 1.165) is 36.0 Å². The molecule has 0 unspecified atom stereocenters. The molecule has 0 spiro atoms. The van der Waals surface area contributed by atoms with Gasteiger partial charge in [0, 0.05) is 18.0 Å². The average molecular weight is 275 g/mol. The maximum Gasteiger partial charge on any atom is 0.352 e. The van der Waals surface area contributed by atoms with E-state index in [-0.39, 0.29) is 0 Å². The highest BCUT2D eigenvalue weighted by molar-refractivity contribution is 5.95. The van der Waals surface area contributed by atoms with Crippen LogP contribution in [0.1, 0.15) is 43.1 Å². The van der Waals surface area contributed by atoms with Crippen molar-refractivity contribution < 1.29 is 14.6 Å². The Labute approximate surface area is 119 Å². The minimum absolute atomic E-state index is 0.352. The van der Waals surface area contributed by atoms with Crippen molar-refractivity contribution in [2.75, 3.05) is 7.11 Å². The Kier molecular flexibility index (Phi) is 4.66. The molecule has 0 aliphatic rings. The van der Waals surface area contributed by atoms with E-state index in [2.05, 4.69) is 6.92 Å². The SMILES string of the molecule is CCCCCCn1c(C(=O)O)cc2ccc(OC)cc21. The maximum absolute atomic E-state index is 11.4. The van der Waals surface area contributed by atoms with Gasteiger partial charge in [0.1, 0.15) is 11.4 Å². The van der Waals surface area contributed by atoms with Gasteiger partial charge in [-0.15, -0.1) is 0 Å². The van der Waals surface area contributed by atoms with E-state index >= 15 is 0 Å². The third-order valence-corrected chi connectivity index (χ3v) is 3.57. The van der Waals surface area contributed by atoms with E-state index in [1.165, 1.54) is 12.8 Å². The lowest BCUT2D eigenvalue weighted by Gasteiger charge is -2.09. The van der Waals surface area contributed by atoms with Crippen LogP contribution in [0.15, 0.2) is 24.3 Å². The van der Waals surface area contributed by atoms with Gasteiger partial charge in [-0.05, 0) is 24.6 Å². The molecule has 0 saturated heterocycles. The van der Waals surface area contributed by atoms with E-state index in [0.29, 0.717) is 5.69 Å². The first-order chi connectivity index (χ1) is 9.67. The number of aromatic nitrogens is 1. The Morgan fingerprint density at radius 3 is 2.70 bits per heavy atom. The van der Waals surface area contributed by atoms with Crippen LogP contribution < -0.4 is 4.74 Å². The minimum atomic E-state index is -0.879. The number of carbonyl (C=O) groups is 1. The lowest BCUT2D eigenvalue weighted by Crippen LogP contribution is -2.08. The predicted octanol–water partition coefficient (Wildman–Crippen LogP) is 3.93. The molecule has 4 heteroatoms. The second-order valence-corrected chi connectivity index (χ2v) is 4.97. The molecule has 0 saturated carbocycles. The summed E-state index contributed by atoms with van der Waals surface area (Å²) in [5.41, 5.74) is 1.28. The molecular formula is C16H21NO3. The third kappa shape index (κ3) is 2.95. The Morgan fingerprint density at radius 2 is 2.05 bits per heavy atom. The van der Waals surface area contributed by atoms with E-state index in [1.807, 2.05) is 22.8 Å². The van der Waals surface area contributed by atoms with E-state index in [9.17, 15) is 9.90 Å². The molecular weight excluding hydrogens is 254 g/mol. The summed E-state index contributed by atoms with van der Waals surface area (Å²) >= 11 is 0. The summed E-state index contributed by atoms with van der Waals surface area (Å²) in [6.07, 6.45) is 4.48. The van der Waals surface area contributed by atoms with Crippen LogP contribution in [0.4, 0.5) is 0 Å². The number of rotatable bonds is 7. The van der Waals surface area contributed by atoms with Crippen molar-refractivity contribution in [2.24, 2.45) is 0 Å². The number of unbranched alkanes of at least 4 members (excludes halogenated alkanes) is 3. The minimum Gasteiger partial charge on any atom is -0.497 e. The third-order valence-electron chi connectivity index (χ3n) is 3.57. The number of carboxylic acids is 1. The van der Waals surface area contributed by atoms with Gasteiger partial charge in [0.05, 0.1) is 12.6 Å². The molecule has 2 rings (SSSR count). The summed E-state index contributed by atoms with van der Waals surface area (Å²) in [7, 11) is 1.62. The van der Waals surface area contributed by atoms with Gasteiger partial charge in [0.2, 0.25) is 0 Å². The Hall–Kier alpha value is -1.97. The predicted molar refractivity (Wildman–Crippen MR) is 79.6 cm³/mol. The smallest absolute Gasteiger partial charge is 0.352 e. The van der Waals surface area contributed by atoms with Crippen LogP contribution in [-0.4, -0.2) is 22.8 Å². The number of carboxylic acid groups (broad SMARTS) is 1. The van der Waals surface area contributed by atoms with Gasteiger partial charge in [0.25, 0.3) is 0 Å². The fraction of sp³-hybridized carbons (Fsp3) is 0.438. The first kappa shape index (κ1) is 14.4. The fourth-order valence-electron chi connectivity index (χ4n) is 2.48. The summed E-state index contributed by atoms with van der Waals surface area (Å²) in [5, 5.41) is 10.3. The Balaban J connectivity index is 2.35. The Morgan fingerprint density at radius 1 is 1.25 bits per heavy atom. The molecule has 4 nitrogen and oxygen atoms in total. The van der Waals surface area contributed by atoms with Crippen molar-refractivity contribution in [3.05, 3.63) is 30.0 Å². The van der Waals surface area contributed by atoms with Gasteiger partial charge >= 0.3 is 5.97 Å². The van der Waals surface area contributed by atoms with Crippen molar-refractivity contribution in [1.82, 2.24) is 4.57 Å². The molecule has 0 atom stereocenters. The van der Waals surface area contributed by atoms with Crippen LogP contribution in [0.25, 0.3) is 10.9 Å². The summed E-state index contributed by atoms with van der Waals surface area (Å²) in [5.74, 6) is -0.127. The van der Waals surface area contributed by atoms with Crippen molar-refractivity contribution in [2.45, 2.75) is 39.2 Å². The van der Waals surface area contributed by atoms with Gasteiger partial charge in [-0.3, -0.25) is 0 Å². The van der Waals surface area contributed by atoms with Crippen molar-refractivity contribution in [1.29, 1.82) is 0 Å². The lowest BCUT2D eigenvalue weighted by atomic mass is 10.2. The maximum atomic E-state index is 11.4. The van der Waals surface area contributed by atoms with E-state index in [4.69, 9.17) is 4.74 Å². The summed E-state index contributed by atoms with van der Waals surface area (Å²) in [6, 6.07) is 7.40. The molecule has 0 aliphatic carbocycles. The molecule has 0 fully saturated rings. The number of aryl methyl sites for hydroxylation is 1. The summed E-state index contributed by atoms with van der Waals surface area (Å²) in [4.78, 5) is 11.4. The number of ether oxygens (including phenoxy) is 1. The van der Waals surface area contributed by atoms with Gasteiger partial charge in [-0.25, -0.2) is 4.79 Å². The number of fused-ring (bicyclic) bond motifs is 1. The fourth-order valence-corrected chi connectivity index (χ4v) is 2.48. The molecule has 1 aromatic heterocycles. The second-order valence-electron chi connectivity index (χ2n) is 4.97. The zero-order chi connectivity index (χ0) is 14.5. The molecule has 0 amide bonds. The van der Waals surface area contributed by atoms with E-state index < -0.39 is 5.97 Å². The first-order valence-electron chi connectivity index (χ1n) is 7.08. The van der Waals surface area contributed by atoms with Gasteiger partial charge < -0.3 is 14.4 Å². The normalized spacial score (nSPS) is 10.9. The molecule has 0 aliphatic heterocycles. The molecule has 108 valence electrons. The molecule has 0 radical (unpaired) electrons. The number of hydrogen-bond donors (Lipinski definition) is 1. The zero-order valence-corrected chi connectivity index (χ0v) is 12.1. The number of benzene rings is 1. The van der Waals surface area contributed by atoms with Gasteiger partial charge in [-0.1, -0.05) is 26.2 Å². The molecule has 20 heavy (non-hydrogen) atoms. The molecule has 2 aromatic rings. The van der Waals surface area contributed by atoms with Crippen LogP contribution in [-0.2, 0) is 6.54 Å². The highest BCUT2D eigenvalue weighted by Crippen LogP contribution is 2.25. The summed E-state index contributed by atoms with van der Waals surface area (Å²) in [6.45, 7) is 2.90. The molecule has 1 aromatic carbocycles. The topological polar surface area (TPSA) is 51.5 Å². The number of methoxy groups -OCH3 is 1. The van der Waals surface area contributed by atoms with Crippen molar-refractivity contribution in [3.63, 3.8) is 0 Å². The van der Waals surface area contributed by atoms with Crippen LogP contribution >= 0.6 is 0 Å².